The van der Waals surface area contributed by atoms with Gasteiger partial charge in [-0.25, -0.2) is 0 Å². The Morgan fingerprint density at radius 1 is 1.00 bits per heavy atom. The van der Waals surface area contributed by atoms with E-state index in [1.807, 2.05) is 13.0 Å². The fourth-order valence-electron chi connectivity index (χ4n) is 3.47. The Morgan fingerprint density at radius 2 is 1.63 bits per heavy atom. The Labute approximate surface area is 182 Å². The molecule has 0 amide bonds. The third-order valence-electron chi connectivity index (χ3n) is 5.06. The van der Waals surface area contributed by atoms with E-state index >= 15 is 0 Å². The zero-order chi connectivity index (χ0) is 22.2. The average Bonchev–Trinajstić information content (AvgIpc) is 2.72. The zero-order valence-electron chi connectivity index (χ0n) is 18.5. The third-order valence-corrected chi connectivity index (χ3v) is 5.06. The maximum atomic E-state index is 11.3. The molecular weight excluding hydrogens is 376 g/mol. The van der Waals surface area contributed by atoms with Gasteiger partial charge in [-0.15, -0.1) is 13.2 Å². The summed E-state index contributed by atoms with van der Waals surface area (Å²) >= 11 is 0. The van der Waals surface area contributed by atoms with Gasteiger partial charge in [0.05, 0.1) is 6.61 Å². The van der Waals surface area contributed by atoms with Crippen molar-refractivity contribution in [1.29, 1.82) is 0 Å². The molecule has 0 bridgehead atoms. The van der Waals surface area contributed by atoms with Crippen LogP contribution < -0.4 is 0 Å². The summed E-state index contributed by atoms with van der Waals surface area (Å²) < 4.78 is 4.93. The van der Waals surface area contributed by atoms with Gasteiger partial charge in [0, 0.05) is 23.1 Å². The SMILES string of the molecule is C=CCc1cc(O)c(CC=C)c(C=CCCCCCCCCCC(=O)OCC)c1O. The molecule has 0 saturated carbocycles. The van der Waals surface area contributed by atoms with E-state index in [1.165, 1.54) is 12.8 Å². The molecule has 0 aromatic heterocycles. The van der Waals surface area contributed by atoms with Crippen LogP contribution in [0, 0.1) is 0 Å². The van der Waals surface area contributed by atoms with Crippen LogP contribution in [0.25, 0.3) is 6.08 Å². The smallest absolute Gasteiger partial charge is 0.305 e. The lowest BCUT2D eigenvalue weighted by Gasteiger charge is -2.13. The summed E-state index contributed by atoms with van der Waals surface area (Å²) in [7, 11) is 0. The average molecular weight is 415 g/mol. The Morgan fingerprint density at radius 3 is 2.27 bits per heavy atom. The summed E-state index contributed by atoms with van der Waals surface area (Å²) in [4.78, 5) is 11.3. The number of rotatable bonds is 16. The first kappa shape index (κ1) is 25.5. The molecule has 0 unspecified atom stereocenters. The minimum atomic E-state index is -0.0880. The van der Waals surface area contributed by atoms with Crippen LogP contribution in [0.3, 0.4) is 0 Å². The number of aromatic hydroxyl groups is 2. The first-order valence-corrected chi connectivity index (χ1v) is 11.2. The summed E-state index contributed by atoms with van der Waals surface area (Å²) in [5.41, 5.74) is 2.06. The normalized spacial score (nSPS) is 11.0. The maximum absolute atomic E-state index is 11.3. The molecule has 1 aromatic rings. The summed E-state index contributed by atoms with van der Waals surface area (Å²) in [6.07, 6.45) is 17.7. The number of carbonyl (C=O) groups is 1. The lowest BCUT2D eigenvalue weighted by atomic mass is 9.96. The van der Waals surface area contributed by atoms with Crippen LogP contribution in [-0.4, -0.2) is 22.8 Å². The molecule has 30 heavy (non-hydrogen) atoms. The molecule has 0 aliphatic rings. The predicted molar refractivity (Wildman–Crippen MR) is 125 cm³/mol. The van der Waals surface area contributed by atoms with Gasteiger partial charge in [0.15, 0.2) is 0 Å². The Hall–Kier alpha value is -2.49. The Kier molecular flexibility index (Phi) is 13.1. The second-order valence-corrected chi connectivity index (χ2v) is 7.50. The number of hydrogen-bond acceptors (Lipinski definition) is 4. The van der Waals surface area contributed by atoms with Gasteiger partial charge in [0.2, 0.25) is 0 Å². The largest absolute Gasteiger partial charge is 0.508 e. The minimum absolute atomic E-state index is 0.0880. The Bertz CT molecular complexity index is 703. The summed E-state index contributed by atoms with van der Waals surface area (Å²) in [5, 5.41) is 20.9. The van der Waals surface area contributed by atoms with Gasteiger partial charge in [0.1, 0.15) is 11.5 Å². The van der Waals surface area contributed by atoms with Gasteiger partial charge in [0.25, 0.3) is 0 Å². The number of benzene rings is 1. The summed E-state index contributed by atoms with van der Waals surface area (Å²) in [5.74, 6) is 0.311. The quantitative estimate of drug-likeness (QED) is 0.138. The van der Waals surface area contributed by atoms with E-state index in [2.05, 4.69) is 19.2 Å². The van der Waals surface area contributed by atoms with Crippen molar-refractivity contribution in [2.45, 2.75) is 77.6 Å². The van der Waals surface area contributed by atoms with E-state index in [9.17, 15) is 15.0 Å². The molecule has 0 radical (unpaired) electrons. The van der Waals surface area contributed by atoms with Crippen LogP contribution >= 0.6 is 0 Å². The monoisotopic (exact) mass is 414 g/mol. The summed E-state index contributed by atoms with van der Waals surface area (Å²) in [6, 6.07) is 1.61. The fourth-order valence-corrected chi connectivity index (χ4v) is 3.47. The molecule has 0 heterocycles. The van der Waals surface area contributed by atoms with Crippen LogP contribution in [0.2, 0.25) is 0 Å². The summed E-state index contributed by atoms with van der Waals surface area (Å²) in [6.45, 7) is 9.75. The minimum Gasteiger partial charge on any atom is -0.508 e. The first-order chi connectivity index (χ1) is 14.5. The Balaban J connectivity index is 2.38. The molecule has 4 nitrogen and oxygen atoms in total. The van der Waals surface area contributed by atoms with Crippen LogP contribution in [0.1, 0.15) is 81.4 Å². The highest BCUT2D eigenvalue weighted by molar-refractivity contribution is 5.69. The maximum Gasteiger partial charge on any atom is 0.305 e. The lowest BCUT2D eigenvalue weighted by molar-refractivity contribution is -0.143. The van der Waals surface area contributed by atoms with Crippen molar-refractivity contribution in [3.05, 3.63) is 54.1 Å². The van der Waals surface area contributed by atoms with Gasteiger partial charge in [-0.1, -0.05) is 56.4 Å². The van der Waals surface area contributed by atoms with Crippen molar-refractivity contribution in [3.8, 4) is 11.5 Å². The van der Waals surface area contributed by atoms with Gasteiger partial charge in [-0.05, 0) is 45.1 Å². The topological polar surface area (TPSA) is 66.8 Å². The van der Waals surface area contributed by atoms with E-state index in [1.54, 1.807) is 18.2 Å². The highest BCUT2D eigenvalue weighted by Gasteiger charge is 2.14. The molecule has 166 valence electrons. The van der Waals surface area contributed by atoms with Crippen molar-refractivity contribution in [2.75, 3.05) is 6.61 Å². The lowest BCUT2D eigenvalue weighted by Crippen LogP contribution is -2.03. The fraction of sp³-hybridized carbons (Fsp3) is 0.500. The van der Waals surface area contributed by atoms with Crippen LogP contribution in [-0.2, 0) is 22.4 Å². The van der Waals surface area contributed by atoms with Gasteiger partial charge < -0.3 is 14.9 Å². The van der Waals surface area contributed by atoms with E-state index in [0.29, 0.717) is 42.6 Å². The second kappa shape index (κ2) is 15.4. The van der Waals surface area contributed by atoms with Crippen LogP contribution in [0.15, 0.2) is 37.5 Å². The molecule has 0 atom stereocenters. The van der Waals surface area contributed by atoms with Gasteiger partial charge >= 0.3 is 5.97 Å². The van der Waals surface area contributed by atoms with E-state index in [4.69, 9.17) is 4.74 Å². The van der Waals surface area contributed by atoms with Gasteiger partial charge in [-0.3, -0.25) is 4.79 Å². The van der Waals surface area contributed by atoms with E-state index in [0.717, 1.165) is 38.5 Å². The highest BCUT2D eigenvalue weighted by atomic mass is 16.5. The highest BCUT2D eigenvalue weighted by Crippen LogP contribution is 2.35. The third kappa shape index (κ3) is 9.34. The van der Waals surface area contributed by atoms with Crippen molar-refractivity contribution < 1.29 is 19.7 Å². The van der Waals surface area contributed by atoms with Crippen LogP contribution in [0.5, 0.6) is 11.5 Å². The molecule has 1 aromatic carbocycles. The number of phenols is 2. The molecule has 1 rings (SSSR count). The first-order valence-electron chi connectivity index (χ1n) is 11.2. The number of esters is 1. The second-order valence-electron chi connectivity index (χ2n) is 7.50. The van der Waals surface area contributed by atoms with Gasteiger partial charge in [-0.2, -0.15) is 0 Å². The van der Waals surface area contributed by atoms with Crippen molar-refractivity contribution in [1.82, 2.24) is 0 Å². The number of unbranched alkanes of at least 4 members (excludes halogenated alkanes) is 7. The number of ether oxygens (including phenoxy) is 1. The number of hydrogen-bond donors (Lipinski definition) is 2. The zero-order valence-corrected chi connectivity index (χ0v) is 18.5. The van der Waals surface area contributed by atoms with Crippen LogP contribution in [0.4, 0.5) is 0 Å². The molecule has 0 aliphatic carbocycles. The number of carbonyl (C=O) groups excluding carboxylic acids is 1. The predicted octanol–water partition coefficient (Wildman–Crippen LogP) is 6.64. The molecule has 0 aliphatic heterocycles. The molecule has 0 spiro atoms. The molecule has 2 N–H and O–H groups in total. The number of phenolic OH excluding ortho intramolecular Hbond substituents is 2. The van der Waals surface area contributed by atoms with E-state index < -0.39 is 0 Å². The molecular formula is C26H38O4. The van der Waals surface area contributed by atoms with Crippen molar-refractivity contribution in [3.63, 3.8) is 0 Å². The van der Waals surface area contributed by atoms with Crippen molar-refractivity contribution in [2.24, 2.45) is 0 Å². The standard InChI is InChI=1S/C26H38O4/c1-4-16-21-20-24(27)22(17-5-2)23(26(21)29)18-14-12-10-8-7-9-11-13-15-19-25(28)30-6-3/h4-5,14,18,20,27,29H,1-2,6-13,15-17,19H2,3H3. The van der Waals surface area contributed by atoms with Crippen molar-refractivity contribution >= 4 is 12.0 Å². The molecule has 0 fully saturated rings. The number of allylic oxidation sites excluding steroid dienone is 3. The molecule has 0 saturated heterocycles. The molecule has 4 heteroatoms. The van der Waals surface area contributed by atoms with E-state index in [-0.39, 0.29) is 17.5 Å².